The van der Waals surface area contributed by atoms with Crippen LogP contribution in [0.3, 0.4) is 0 Å². The minimum atomic E-state index is 0.600. The Morgan fingerprint density at radius 3 is 3.11 bits per heavy atom. The van der Waals surface area contributed by atoms with E-state index >= 15 is 0 Å². The van der Waals surface area contributed by atoms with Gasteiger partial charge in [-0.05, 0) is 24.1 Å². The highest BCUT2D eigenvalue weighted by atomic mass is 15.3. The van der Waals surface area contributed by atoms with Crippen molar-refractivity contribution in [3.63, 3.8) is 0 Å². The molecule has 0 amide bonds. The van der Waals surface area contributed by atoms with Crippen LogP contribution in [0.2, 0.25) is 0 Å². The SMILES string of the molecule is CCNCc1ncnn1CC1Cc2ccccc21. The maximum absolute atomic E-state index is 4.33. The van der Waals surface area contributed by atoms with Crippen molar-refractivity contribution in [3.8, 4) is 0 Å². The molecule has 1 heterocycles. The van der Waals surface area contributed by atoms with Crippen molar-refractivity contribution in [2.45, 2.75) is 32.4 Å². The van der Waals surface area contributed by atoms with E-state index in [-0.39, 0.29) is 0 Å². The van der Waals surface area contributed by atoms with Crippen LogP contribution < -0.4 is 5.32 Å². The highest BCUT2D eigenvalue weighted by Crippen LogP contribution is 2.35. The second-order valence-electron chi connectivity index (χ2n) is 4.74. The van der Waals surface area contributed by atoms with Gasteiger partial charge in [0.2, 0.25) is 0 Å². The highest BCUT2D eigenvalue weighted by Gasteiger charge is 2.26. The molecule has 1 N–H and O–H groups in total. The molecule has 0 spiro atoms. The van der Waals surface area contributed by atoms with Crippen molar-refractivity contribution in [1.82, 2.24) is 20.1 Å². The van der Waals surface area contributed by atoms with Gasteiger partial charge in [0, 0.05) is 5.92 Å². The summed E-state index contributed by atoms with van der Waals surface area (Å²) in [6.45, 7) is 4.80. The summed E-state index contributed by atoms with van der Waals surface area (Å²) >= 11 is 0. The van der Waals surface area contributed by atoms with Gasteiger partial charge in [-0.3, -0.25) is 0 Å². The van der Waals surface area contributed by atoms with Crippen LogP contribution in [0, 0.1) is 0 Å². The van der Waals surface area contributed by atoms with Crippen molar-refractivity contribution >= 4 is 0 Å². The largest absolute Gasteiger partial charge is 0.310 e. The molecule has 1 aromatic carbocycles. The van der Waals surface area contributed by atoms with Gasteiger partial charge in [-0.2, -0.15) is 5.10 Å². The first-order valence-electron chi connectivity index (χ1n) is 6.53. The molecule has 1 unspecified atom stereocenters. The zero-order chi connectivity index (χ0) is 12.4. The normalized spacial score (nSPS) is 17.3. The molecule has 1 aliphatic rings. The monoisotopic (exact) mass is 242 g/mol. The molecule has 0 bridgehead atoms. The zero-order valence-corrected chi connectivity index (χ0v) is 10.6. The fourth-order valence-electron chi connectivity index (χ4n) is 2.55. The van der Waals surface area contributed by atoms with E-state index in [1.54, 1.807) is 6.33 Å². The second kappa shape index (κ2) is 4.90. The summed E-state index contributed by atoms with van der Waals surface area (Å²) in [6.07, 6.45) is 2.81. The van der Waals surface area contributed by atoms with E-state index in [9.17, 15) is 0 Å². The van der Waals surface area contributed by atoms with Crippen LogP contribution in [0.4, 0.5) is 0 Å². The van der Waals surface area contributed by atoms with E-state index in [4.69, 9.17) is 0 Å². The lowest BCUT2D eigenvalue weighted by atomic mass is 9.78. The number of hydrogen-bond acceptors (Lipinski definition) is 3. The van der Waals surface area contributed by atoms with E-state index in [2.05, 4.69) is 46.6 Å². The number of hydrogen-bond donors (Lipinski definition) is 1. The Morgan fingerprint density at radius 2 is 2.28 bits per heavy atom. The summed E-state index contributed by atoms with van der Waals surface area (Å²) in [5.41, 5.74) is 2.96. The third kappa shape index (κ3) is 2.04. The van der Waals surface area contributed by atoms with E-state index in [0.717, 1.165) is 31.9 Å². The smallest absolute Gasteiger partial charge is 0.140 e. The second-order valence-corrected chi connectivity index (χ2v) is 4.74. The molecular formula is C14H18N4. The van der Waals surface area contributed by atoms with Crippen molar-refractivity contribution in [2.75, 3.05) is 6.54 Å². The van der Waals surface area contributed by atoms with Crippen LogP contribution in [0.25, 0.3) is 0 Å². The molecule has 0 radical (unpaired) electrons. The summed E-state index contributed by atoms with van der Waals surface area (Å²) in [6, 6.07) is 8.67. The maximum Gasteiger partial charge on any atom is 0.140 e. The highest BCUT2D eigenvalue weighted by molar-refractivity contribution is 5.39. The molecule has 1 aliphatic carbocycles. The summed E-state index contributed by atoms with van der Waals surface area (Å²) in [5, 5.41) is 7.63. The molecule has 1 atom stereocenters. The summed E-state index contributed by atoms with van der Waals surface area (Å²) in [7, 11) is 0. The van der Waals surface area contributed by atoms with Crippen molar-refractivity contribution in [1.29, 1.82) is 0 Å². The molecule has 3 rings (SSSR count). The predicted octanol–water partition coefficient (Wildman–Crippen LogP) is 1.73. The predicted molar refractivity (Wildman–Crippen MR) is 70.3 cm³/mol. The fourth-order valence-corrected chi connectivity index (χ4v) is 2.55. The Morgan fingerprint density at radius 1 is 1.39 bits per heavy atom. The third-order valence-corrected chi connectivity index (χ3v) is 3.58. The molecule has 18 heavy (non-hydrogen) atoms. The van der Waals surface area contributed by atoms with Gasteiger partial charge in [-0.1, -0.05) is 31.2 Å². The minimum absolute atomic E-state index is 0.600. The maximum atomic E-state index is 4.33. The molecule has 94 valence electrons. The number of rotatable bonds is 5. The molecule has 4 heteroatoms. The van der Waals surface area contributed by atoms with Gasteiger partial charge in [0.25, 0.3) is 0 Å². The van der Waals surface area contributed by atoms with Crippen LogP contribution in [-0.2, 0) is 19.5 Å². The number of nitrogens with one attached hydrogen (secondary N) is 1. The number of aromatic nitrogens is 3. The Hall–Kier alpha value is -1.68. The van der Waals surface area contributed by atoms with Crippen LogP contribution >= 0.6 is 0 Å². The summed E-state index contributed by atoms with van der Waals surface area (Å²) in [4.78, 5) is 4.31. The Bertz CT molecular complexity index is 532. The number of fused-ring (bicyclic) bond motifs is 1. The molecule has 0 saturated heterocycles. The zero-order valence-electron chi connectivity index (χ0n) is 10.6. The molecule has 0 aliphatic heterocycles. The average molecular weight is 242 g/mol. The Balaban J connectivity index is 1.70. The van der Waals surface area contributed by atoms with Crippen molar-refractivity contribution < 1.29 is 0 Å². The Kier molecular flexibility index (Phi) is 3.11. The summed E-state index contributed by atoms with van der Waals surface area (Å²) in [5.74, 6) is 1.63. The first kappa shape index (κ1) is 11.4. The fraction of sp³-hybridized carbons (Fsp3) is 0.429. The first-order valence-corrected chi connectivity index (χ1v) is 6.53. The van der Waals surface area contributed by atoms with Gasteiger partial charge in [-0.15, -0.1) is 0 Å². The third-order valence-electron chi connectivity index (χ3n) is 3.58. The van der Waals surface area contributed by atoms with Crippen LogP contribution in [0.5, 0.6) is 0 Å². The average Bonchev–Trinajstić information content (AvgIpc) is 2.81. The van der Waals surface area contributed by atoms with Gasteiger partial charge >= 0.3 is 0 Å². The van der Waals surface area contributed by atoms with Crippen LogP contribution in [-0.4, -0.2) is 21.3 Å². The van der Waals surface area contributed by atoms with Crippen molar-refractivity contribution in [3.05, 3.63) is 47.5 Å². The topological polar surface area (TPSA) is 42.7 Å². The lowest BCUT2D eigenvalue weighted by Crippen LogP contribution is -2.25. The van der Waals surface area contributed by atoms with Crippen LogP contribution in [0.15, 0.2) is 30.6 Å². The molecule has 4 nitrogen and oxygen atoms in total. The van der Waals surface area contributed by atoms with Gasteiger partial charge < -0.3 is 5.32 Å². The Labute approximate surface area is 107 Å². The lowest BCUT2D eigenvalue weighted by Gasteiger charge is -2.30. The van der Waals surface area contributed by atoms with Crippen molar-refractivity contribution in [2.24, 2.45) is 0 Å². The van der Waals surface area contributed by atoms with Gasteiger partial charge in [-0.25, -0.2) is 9.67 Å². The lowest BCUT2D eigenvalue weighted by molar-refractivity contribution is 0.454. The number of nitrogens with zero attached hydrogens (tertiary/aromatic N) is 3. The van der Waals surface area contributed by atoms with Crippen LogP contribution in [0.1, 0.15) is 29.8 Å². The van der Waals surface area contributed by atoms with E-state index in [1.807, 2.05) is 4.68 Å². The molecular weight excluding hydrogens is 224 g/mol. The molecule has 0 saturated carbocycles. The van der Waals surface area contributed by atoms with Gasteiger partial charge in [0.15, 0.2) is 0 Å². The quantitative estimate of drug-likeness (QED) is 0.868. The van der Waals surface area contributed by atoms with Gasteiger partial charge in [0.05, 0.1) is 13.1 Å². The molecule has 0 fully saturated rings. The van der Waals surface area contributed by atoms with E-state index in [1.165, 1.54) is 11.1 Å². The van der Waals surface area contributed by atoms with Gasteiger partial charge in [0.1, 0.15) is 12.2 Å². The summed E-state index contributed by atoms with van der Waals surface area (Å²) < 4.78 is 2.03. The van der Waals surface area contributed by atoms with E-state index < -0.39 is 0 Å². The molecule has 1 aromatic heterocycles. The van der Waals surface area contributed by atoms with E-state index in [0.29, 0.717) is 5.92 Å². The standard InChI is InChI=1S/C14H18N4/c1-2-15-8-14-16-10-17-18(14)9-12-7-11-5-3-4-6-13(11)12/h3-6,10,12,15H,2,7-9H2,1H3. The number of benzene rings is 1. The molecule has 2 aromatic rings. The first-order chi connectivity index (χ1) is 8.88. The minimum Gasteiger partial charge on any atom is -0.310 e.